The Labute approximate surface area is 94.6 Å². The summed E-state index contributed by atoms with van der Waals surface area (Å²) in [6.07, 6.45) is 7.82. The van der Waals surface area contributed by atoms with Gasteiger partial charge in [0.2, 0.25) is 0 Å². The van der Waals surface area contributed by atoms with E-state index in [-0.39, 0.29) is 0 Å². The molecule has 5 nitrogen and oxygen atoms in total. The van der Waals surface area contributed by atoms with Gasteiger partial charge in [-0.05, 0) is 6.92 Å². The van der Waals surface area contributed by atoms with E-state index in [1.165, 1.54) is 0 Å². The molecule has 0 bridgehead atoms. The topological polar surface area (TPSA) is 55.6 Å². The molecule has 2 aromatic heterocycles. The minimum Gasteiger partial charge on any atom is -0.369 e. The number of aryl methyl sites for hydroxylation is 1. The van der Waals surface area contributed by atoms with Crippen molar-refractivity contribution in [1.82, 2.24) is 19.5 Å². The van der Waals surface area contributed by atoms with Crippen molar-refractivity contribution in [2.45, 2.75) is 13.3 Å². The Kier molecular flexibility index (Phi) is 3.14. The van der Waals surface area contributed by atoms with E-state index in [9.17, 15) is 0 Å². The first kappa shape index (κ1) is 10.6. The molecule has 2 heterocycles. The van der Waals surface area contributed by atoms with Crippen molar-refractivity contribution < 1.29 is 0 Å². The average Bonchev–Trinajstić information content (AvgIpc) is 2.68. The summed E-state index contributed by atoms with van der Waals surface area (Å²) in [4.78, 5) is 12.9. The Morgan fingerprint density at radius 2 is 2.00 bits per heavy atom. The van der Waals surface area contributed by atoms with E-state index in [0.717, 1.165) is 23.9 Å². The van der Waals surface area contributed by atoms with E-state index in [4.69, 9.17) is 0 Å². The molecular formula is C11H15N5. The van der Waals surface area contributed by atoms with Crippen molar-refractivity contribution >= 4 is 5.82 Å². The van der Waals surface area contributed by atoms with E-state index in [0.29, 0.717) is 6.42 Å². The SMILES string of the molecule is CCNc1nccnc1Cc1nccn1C. The molecule has 0 aliphatic heterocycles. The summed E-state index contributed by atoms with van der Waals surface area (Å²) in [5.41, 5.74) is 0.929. The van der Waals surface area contributed by atoms with Crippen LogP contribution in [0.3, 0.4) is 0 Å². The number of imidazole rings is 1. The second kappa shape index (κ2) is 4.74. The van der Waals surface area contributed by atoms with Crippen LogP contribution >= 0.6 is 0 Å². The molecule has 16 heavy (non-hydrogen) atoms. The fraction of sp³-hybridized carbons (Fsp3) is 0.364. The maximum atomic E-state index is 4.33. The minimum absolute atomic E-state index is 0.694. The first-order valence-corrected chi connectivity index (χ1v) is 5.31. The predicted octanol–water partition coefficient (Wildman–Crippen LogP) is 1.23. The molecule has 0 saturated heterocycles. The van der Waals surface area contributed by atoms with Crippen molar-refractivity contribution in [2.75, 3.05) is 11.9 Å². The number of hydrogen-bond acceptors (Lipinski definition) is 4. The molecule has 2 aromatic rings. The Morgan fingerprint density at radius 3 is 2.69 bits per heavy atom. The van der Waals surface area contributed by atoms with Crippen LogP contribution in [0.4, 0.5) is 5.82 Å². The molecule has 0 radical (unpaired) electrons. The van der Waals surface area contributed by atoms with Crippen molar-refractivity contribution in [3.8, 4) is 0 Å². The van der Waals surface area contributed by atoms with Crippen LogP contribution in [0, 0.1) is 0 Å². The third kappa shape index (κ3) is 2.18. The van der Waals surface area contributed by atoms with Gasteiger partial charge in [-0.15, -0.1) is 0 Å². The van der Waals surface area contributed by atoms with E-state index >= 15 is 0 Å². The van der Waals surface area contributed by atoms with Crippen molar-refractivity contribution in [1.29, 1.82) is 0 Å². The fourth-order valence-electron chi connectivity index (χ4n) is 1.53. The molecule has 2 rings (SSSR count). The summed E-state index contributed by atoms with van der Waals surface area (Å²) in [6.45, 7) is 2.88. The standard InChI is InChI=1S/C11H15N5/c1-3-12-11-9(13-4-5-15-11)8-10-14-6-7-16(10)2/h4-7H,3,8H2,1-2H3,(H,12,15). The van der Waals surface area contributed by atoms with Crippen LogP contribution in [0.25, 0.3) is 0 Å². The average molecular weight is 217 g/mol. The van der Waals surface area contributed by atoms with Crippen LogP contribution in [0.1, 0.15) is 18.4 Å². The lowest BCUT2D eigenvalue weighted by Crippen LogP contribution is -2.07. The number of rotatable bonds is 4. The van der Waals surface area contributed by atoms with Crippen LogP contribution < -0.4 is 5.32 Å². The molecule has 5 heteroatoms. The summed E-state index contributed by atoms with van der Waals surface area (Å²) >= 11 is 0. The first-order chi connectivity index (χ1) is 7.81. The Bertz CT molecular complexity index is 463. The lowest BCUT2D eigenvalue weighted by molar-refractivity contribution is 0.808. The molecule has 0 aliphatic rings. The Balaban J connectivity index is 2.24. The lowest BCUT2D eigenvalue weighted by atomic mass is 10.3. The summed E-state index contributed by atoms with van der Waals surface area (Å²) in [5, 5.41) is 3.20. The molecular weight excluding hydrogens is 202 g/mol. The smallest absolute Gasteiger partial charge is 0.148 e. The summed E-state index contributed by atoms with van der Waals surface area (Å²) in [7, 11) is 1.98. The number of anilines is 1. The van der Waals surface area contributed by atoms with Crippen molar-refractivity contribution in [3.05, 3.63) is 36.3 Å². The van der Waals surface area contributed by atoms with Crippen LogP contribution in [-0.4, -0.2) is 26.1 Å². The molecule has 0 aliphatic carbocycles. The second-order valence-corrected chi connectivity index (χ2v) is 3.51. The number of nitrogens with zero attached hydrogens (tertiary/aromatic N) is 4. The molecule has 0 saturated carbocycles. The van der Waals surface area contributed by atoms with Gasteiger partial charge in [0.1, 0.15) is 11.6 Å². The lowest BCUT2D eigenvalue weighted by Gasteiger charge is -2.07. The molecule has 1 N–H and O–H groups in total. The highest BCUT2D eigenvalue weighted by Crippen LogP contribution is 2.12. The van der Waals surface area contributed by atoms with Gasteiger partial charge in [-0.2, -0.15) is 0 Å². The monoisotopic (exact) mass is 217 g/mol. The van der Waals surface area contributed by atoms with Gasteiger partial charge in [-0.1, -0.05) is 0 Å². The molecule has 0 fully saturated rings. The third-order valence-corrected chi connectivity index (χ3v) is 2.36. The molecule has 0 unspecified atom stereocenters. The zero-order valence-electron chi connectivity index (χ0n) is 9.51. The zero-order valence-corrected chi connectivity index (χ0v) is 9.51. The third-order valence-electron chi connectivity index (χ3n) is 2.36. The van der Waals surface area contributed by atoms with Gasteiger partial charge in [0, 0.05) is 38.4 Å². The highest BCUT2D eigenvalue weighted by Gasteiger charge is 2.07. The van der Waals surface area contributed by atoms with Gasteiger partial charge >= 0.3 is 0 Å². The number of aromatic nitrogens is 4. The summed E-state index contributed by atoms with van der Waals surface area (Å²) in [5.74, 6) is 1.83. The molecule has 0 spiro atoms. The maximum Gasteiger partial charge on any atom is 0.148 e. The quantitative estimate of drug-likeness (QED) is 0.837. The number of hydrogen-bond donors (Lipinski definition) is 1. The largest absolute Gasteiger partial charge is 0.369 e. The van der Waals surface area contributed by atoms with E-state index < -0.39 is 0 Å². The summed E-state index contributed by atoms with van der Waals surface area (Å²) < 4.78 is 1.99. The minimum atomic E-state index is 0.694. The van der Waals surface area contributed by atoms with Crippen LogP contribution in [-0.2, 0) is 13.5 Å². The van der Waals surface area contributed by atoms with Gasteiger partial charge < -0.3 is 9.88 Å². The van der Waals surface area contributed by atoms with E-state index in [1.54, 1.807) is 18.6 Å². The van der Waals surface area contributed by atoms with Crippen LogP contribution in [0.2, 0.25) is 0 Å². The van der Waals surface area contributed by atoms with Crippen molar-refractivity contribution in [2.24, 2.45) is 7.05 Å². The highest BCUT2D eigenvalue weighted by molar-refractivity contribution is 5.40. The Hall–Kier alpha value is -1.91. The normalized spacial score (nSPS) is 10.4. The molecule has 84 valence electrons. The van der Waals surface area contributed by atoms with Gasteiger partial charge in [-0.25, -0.2) is 9.97 Å². The maximum absolute atomic E-state index is 4.33. The van der Waals surface area contributed by atoms with Crippen LogP contribution in [0.15, 0.2) is 24.8 Å². The summed E-state index contributed by atoms with van der Waals surface area (Å²) in [6, 6.07) is 0. The second-order valence-electron chi connectivity index (χ2n) is 3.51. The zero-order chi connectivity index (χ0) is 11.4. The van der Waals surface area contributed by atoms with Crippen LogP contribution in [0.5, 0.6) is 0 Å². The first-order valence-electron chi connectivity index (χ1n) is 5.31. The number of nitrogens with one attached hydrogen (secondary N) is 1. The van der Waals surface area contributed by atoms with Gasteiger partial charge in [0.25, 0.3) is 0 Å². The van der Waals surface area contributed by atoms with Gasteiger partial charge in [0.05, 0.1) is 12.1 Å². The molecule has 0 amide bonds. The predicted molar refractivity (Wildman–Crippen MR) is 62.2 cm³/mol. The van der Waals surface area contributed by atoms with E-state index in [1.807, 2.05) is 24.7 Å². The van der Waals surface area contributed by atoms with Gasteiger partial charge in [-0.3, -0.25) is 4.98 Å². The van der Waals surface area contributed by atoms with Gasteiger partial charge in [0.15, 0.2) is 0 Å². The Morgan fingerprint density at radius 1 is 1.19 bits per heavy atom. The fourth-order valence-corrected chi connectivity index (χ4v) is 1.53. The highest BCUT2D eigenvalue weighted by atomic mass is 15.0. The van der Waals surface area contributed by atoms with Crippen molar-refractivity contribution in [3.63, 3.8) is 0 Å². The molecule has 0 atom stereocenters. The molecule has 0 aromatic carbocycles. The van der Waals surface area contributed by atoms with E-state index in [2.05, 4.69) is 20.3 Å².